The second-order valence-electron chi connectivity index (χ2n) is 3.81. The highest BCUT2D eigenvalue weighted by Crippen LogP contribution is 2.26. The summed E-state index contributed by atoms with van der Waals surface area (Å²) >= 11 is 0. The summed E-state index contributed by atoms with van der Waals surface area (Å²) in [6, 6.07) is 10.4. The average Bonchev–Trinajstić information content (AvgIpc) is 2.46. The van der Waals surface area contributed by atoms with Crippen LogP contribution < -0.4 is 5.73 Å². The first-order chi connectivity index (χ1) is 9.17. The molecule has 1 heterocycles. The number of anilines is 1. The number of esters is 1. The van der Waals surface area contributed by atoms with Crippen molar-refractivity contribution in [1.82, 2.24) is 4.98 Å². The van der Waals surface area contributed by atoms with Gasteiger partial charge in [-0.1, -0.05) is 12.1 Å². The average molecular weight is 253 g/mol. The van der Waals surface area contributed by atoms with Crippen molar-refractivity contribution in [2.24, 2.45) is 0 Å². The zero-order chi connectivity index (χ0) is 13.8. The number of hydrogen-bond acceptors (Lipinski definition) is 5. The number of nitrogen functional groups attached to an aromatic ring is 1. The lowest BCUT2D eigenvalue weighted by atomic mass is 10.0. The van der Waals surface area contributed by atoms with E-state index in [1.165, 1.54) is 19.4 Å². The fourth-order valence-corrected chi connectivity index (χ4v) is 1.75. The Morgan fingerprint density at radius 3 is 2.89 bits per heavy atom. The number of hydrogen-bond donors (Lipinski definition) is 1. The Balaban J connectivity index is 2.65. The molecule has 0 spiro atoms. The van der Waals surface area contributed by atoms with Crippen LogP contribution in [0, 0.1) is 11.3 Å². The highest BCUT2D eigenvalue weighted by atomic mass is 16.5. The summed E-state index contributed by atoms with van der Waals surface area (Å²) in [5, 5.41) is 8.90. The largest absolute Gasteiger partial charge is 0.465 e. The molecule has 5 heteroatoms. The number of carbonyl (C=O) groups is 1. The van der Waals surface area contributed by atoms with Crippen molar-refractivity contribution in [2.75, 3.05) is 12.8 Å². The van der Waals surface area contributed by atoms with E-state index in [9.17, 15) is 4.79 Å². The zero-order valence-electron chi connectivity index (χ0n) is 10.3. The molecule has 0 unspecified atom stereocenters. The molecule has 0 saturated heterocycles. The number of nitrogens with two attached hydrogens (primary N) is 1. The number of ether oxygens (including phenoxy) is 1. The fraction of sp³-hybridized carbons (Fsp3) is 0.0714. The van der Waals surface area contributed by atoms with Gasteiger partial charge in [0.25, 0.3) is 0 Å². The number of rotatable bonds is 2. The standard InChI is InChI=1S/C14H11N3O2/c1-19-14(18)12-11(16)5-6-17-13(12)10-4-2-3-9(7-10)8-15/h2-7H,1H3,(H2,16,17). The van der Waals surface area contributed by atoms with E-state index in [-0.39, 0.29) is 5.56 Å². The van der Waals surface area contributed by atoms with Crippen molar-refractivity contribution in [3.05, 3.63) is 47.7 Å². The molecule has 0 aliphatic carbocycles. The second-order valence-corrected chi connectivity index (χ2v) is 3.81. The minimum Gasteiger partial charge on any atom is -0.465 e. The van der Waals surface area contributed by atoms with E-state index in [1.54, 1.807) is 24.3 Å². The van der Waals surface area contributed by atoms with Crippen LogP contribution in [0.2, 0.25) is 0 Å². The molecule has 2 rings (SSSR count). The molecule has 0 aliphatic heterocycles. The summed E-state index contributed by atoms with van der Waals surface area (Å²) < 4.78 is 4.71. The number of benzene rings is 1. The SMILES string of the molecule is COC(=O)c1c(N)ccnc1-c1cccc(C#N)c1. The van der Waals surface area contributed by atoms with Crippen molar-refractivity contribution in [2.45, 2.75) is 0 Å². The minimum absolute atomic E-state index is 0.208. The molecule has 0 saturated carbocycles. The summed E-state index contributed by atoms with van der Waals surface area (Å²) in [7, 11) is 1.28. The van der Waals surface area contributed by atoms with E-state index in [2.05, 4.69) is 4.98 Å². The summed E-state index contributed by atoms with van der Waals surface area (Å²) in [5.74, 6) is -0.553. The third kappa shape index (κ3) is 2.38. The number of nitriles is 1. The summed E-state index contributed by atoms with van der Waals surface area (Å²) in [4.78, 5) is 15.9. The molecule has 1 aromatic heterocycles. The Hall–Kier alpha value is -2.87. The molecule has 0 atom stereocenters. The smallest absolute Gasteiger partial charge is 0.342 e. The zero-order valence-corrected chi connectivity index (χ0v) is 10.3. The molecular weight excluding hydrogens is 242 g/mol. The van der Waals surface area contributed by atoms with Crippen LogP contribution in [0.5, 0.6) is 0 Å². The second kappa shape index (κ2) is 5.19. The third-order valence-electron chi connectivity index (χ3n) is 2.64. The summed E-state index contributed by atoms with van der Waals surface area (Å²) in [6.07, 6.45) is 1.51. The summed E-state index contributed by atoms with van der Waals surface area (Å²) in [6.45, 7) is 0. The van der Waals surface area contributed by atoms with Crippen molar-refractivity contribution in [3.8, 4) is 17.3 Å². The minimum atomic E-state index is -0.553. The first kappa shape index (κ1) is 12.6. The Labute approximate surface area is 110 Å². The maximum Gasteiger partial charge on any atom is 0.342 e. The van der Waals surface area contributed by atoms with Crippen molar-refractivity contribution in [3.63, 3.8) is 0 Å². The highest BCUT2D eigenvalue weighted by Gasteiger charge is 2.18. The lowest BCUT2D eigenvalue weighted by Crippen LogP contribution is -2.09. The van der Waals surface area contributed by atoms with Gasteiger partial charge in [0, 0.05) is 17.4 Å². The van der Waals surface area contributed by atoms with Gasteiger partial charge in [-0.05, 0) is 18.2 Å². The van der Waals surface area contributed by atoms with Crippen LogP contribution in [0.1, 0.15) is 15.9 Å². The van der Waals surface area contributed by atoms with E-state index in [0.717, 1.165) is 0 Å². The Morgan fingerprint density at radius 2 is 2.21 bits per heavy atom. The molecule has 0 amide bonds. The maximum atomic E-state index is 11.8. The topological polar surface area (TPSA) is 89.0 Å². The fourth-order valence-electron chi connectivity index (χ4n) is 1.75. The van der Waals surface area contributed by atoms with Gasteiger partial charge in [-0.3, -0.25) is 4.98 Å². The van der Waals surface area contributed by atoms with Gasteiger partial charge in [-0.15, -0.1) is 0 Å². The molecule has 0 bridgehead atoms. The molecule has 5 nitrogen and oxygen atoms in total. The van der Waals surface area contributed by atoms with Gasteiger partial charge >= 0.3 is 5.97 Å². The molecule has 94 valence electrons. The van der Waals surface area contributed by atoms with Gasteiger partial charge in [0.15, 0.2) is 0 Å². The molecule has 0 fully saturated rings. The van der Waals surface area contributed by atoms with Crippen molar-refractivity contribution >= 4 is 11.7 Å². The first-order valence-electron chi connectivity index (χ1n) is 5.50. The van der Waals surface area contributed by atoms with Crippen LogP contribution in [-0.4, -0.2) is 18.1 Å². The molecule has 0 aliphatic rings. The lowest BCUT2D eigenvalue weighted by Gasteiger charge is -2.09. The predicted molar refractivity (Wildman–Crippen MR) is 70.1 cm³/mol. The van der Waals surface area contributed by atoms with E-state index in [4.69, 9.17) is 15.7 Å². The summed E-state index contributed by atoms with van der Waals surface area (Å²) in [5.41, 5.74) is 7.83. The van der Waals surface area contributed by atoms with Gasteiger partial charge in [-0.2, -0.15) is 5.26 Å². The Kier molecular flexibility index (Phi) is 3.44. The van der Waals surface area contributed by atoms with Crippen molar-refractivity contribution in [1.29, 1.82) is 5.26 Å². The normalized spacial score (nSPS) is 9.68. The van der Waals surface area contributed by atoms with Crippen LogP contribution >= 0.6 is 0 Å². The number of aromatic nitrogens is 1. The lowest BCUT2D eigenvalue weighted by molar-refractivity contribution is 0.0602. The van der Waals surface area contributed by atoms with Gasteiger partial charge in [0.05, 0.1) is 24.4 Å². The van der Waals surface area contributed by atoms with Crippen LogP contribution in [0.4, 0.5) is 5.69 Å². The van der Waals surface area contributed by atoms with E-state index >= 15 is 0 Å². The molecular formula is C14H11N3O2. The molecule has 0 radical (unpaired) electrons. The van der Waals surface area contributed by atoms with Crippen LogP contribution in [0.15, 0.2) is 36.5 Å². The van der Waals surface area contributed by atoms with Crippen molar-refractivity contribution < 1.29 is 9.53 Å². The Morgan fingerprint density at radius 1 is 1.42 bits per heavy atom. The van der Waals surface area contributed by atoms with Gasteiger partial charge < -0.3 is 10.5 Å². The van der Waals surface area contributed by atoms with E-state index in [0.29, 0.717) is 22.5 Å². The monoisotopic (exact) mass is 253 g/mol. The van der Waals surface area contributed by atoms with Crippen LogP contribution in [-0.2, 0) is 4.74 Å². The maximum absolute atomic E-state index is 11.8. The van der Waals surface area contributed by atoms with Gasteiger partial charge in [0.2, 0.25) is 0 Å². The van der Waals surface area contributed by atoms with Gasteiger partial charge in [0.1, 0.15) is 5.56 Å². The Bertz CT molecular complexity index is 675. The quantitative estimate of drug-likeness (QED) is 0.826. The number of methoxy groups -OCH3 is 1. The number of pyridine rings is 1. The molecule has 2 N–H and O–H groups in total. The predicted octanol–water partition coefficient (Wildman–Crippen LogP) is 1.99. The van der Waals surface area contributed by atoms with Gasteiger partial charge in [-0.25, -0.2) is 4.79 Å². The van der Waals surface area contributed by atoms with Crippen LogP contribution in [0.3, 0.4) is 0 Å². The number of carbonyl (C=O) groups excluding carboxylic acids is 1. The van der Waals surface area contributed by atoms with Crippen LogP contribution in [0.25, 0.3) is 11.3 Å². The third-order valence-corrected chi connectivity index (χ3v) is 2.64. The van der Waals surface area contributed by atoms with E-state index in [1.807, 2.05) is 6.07 Å². The number of nitrogens with zero attached hydrogens (tertiary/aromatic N) is 2. The molecule has 2 aromatic rings. The van der Waals surface area contributed by atoms with E-state index < -0.39 is 5.97 Å². The first-order valence-corrected chi connectivity index (χ1v) is 5.50. The molecule has 19 heavy (non-hydrogen) atoms. The molecule has 1 aromatic carbocycles. The highest BCUT2D eigenvalue weighted by molar-refractivity contribution is 6.01.